The van der Waals surface area contributed by atoms with Gasteiger partial charge in [0.25, 0.3) is 0 Å². The summed E-state index contributed by atoms with van der Waals surface area (Å²) < 4.78 is 19.7. The molecule has 4 atom stereocenters. The van der Waals surface area contributed by atoms with Crippen molar-refractivity contribution < 1.29 is 19.3 Å². The Morgan fingerprint density at radius 2 is 2.07 bits per heavy atom. The standard InChI is InChI=1S/C16H18N6O4S/c1-16(2)25-10-8(5-23)24-14(11(10)26-16)22-7-20-9-12(18-6-19-13(9)22)21-15-17-3-4-27-15/h3-4,6-8,10-11,14,23H,5H2,1-2H3,(H,17,18,19,21)/t8-,10-,11-,14-/m1/s1. The van der Waals surface area contributed by atoms with Crippen molar-refractivity contribution in [1.29, 1.82) is 0 Å². The van der Waals surface area contributed by atoms with Gasteiger partial charge in [0.2, 0.25) is 0 Å². The predicted molar refractivity (Wildman–Crippen MR) is 95.5 cm³/mol. The van der Waals surface area contributed by atoms with Crippen LogP contribution in [-0.4, -0.2) is 60.3 Å². The lowest BCUT2D eigenvalue weighted by atomic mass is 10.1. The Balaban J connectivity index is 1.52. The van der Waals surface area contributed by atoms with Crippen LogP contribution in [0.5, 0.6) is 0 Å². The van der Waals surface area contributed by atoms with Crippen LogP contribution in [-0.2, 0) is 14.2 Å². The summed E-state index contributed by atoms with van der Waals surface area (Å²) >= 11 is 1.47. The van der Waals surface area contributed by atoms with Gasteiger partial charge in [-0.1, -0.05) is 0 Å². The molecule has 2 N–H and O–H groups in total. The number of aromatic nitrogens is 5. The highest BCUT2D eigenvalue weighted by Gasteiger charge is 2.55. The van der Waals surface area contributed by atoms with E-state index < -0.39 is 18.1 Å². The van der Waals surface area contributed by atoms with Crippen molar-refractivity contribution >= 4 is 33.5 Å². The van der Waals surface area contributed by atoms with Gasteiger partial charge in [-0.15, -0.1) is 11.3 Å². The van der Waals surface area contributed by atoms with E-state index in [-0.39, 0.29) is 18.8 Å². The molecule has 5 heterocycles. The van der Waals surface area contributed by atoms with Crippen LogP contribution in [0.2, 0.25) is 0 Å². The van der Waals surface area contributed by atoms with Gasteiger partial charge in [-0.05, 0) is 13.8 Å². The predicted octanol–water partition coefficient (Wildman–Crippen LogP) is 1.44. The average Bonchev–Trinajstić information content (AvgIpc) is 3.38. The first-order chi connectivity index (χ1) is 13.1. The number of nitrogens with one attached hydrogen (secondary N) is 1. The van der Waals surface area contributed by atoms with Crippen LogP contribution in [0.3, 0.4) is 0 Å². The van der Waals surface area contributed by atoms with Crippen molar-refractivity contribution in [3.63, 3.8) is 0 Å². The van der Waals surface area contributed by atoms with Crippen molar-refractivity contribution in [3.05, 3.63) is 24.2 Å². The van der Waals surface area contributed by atoms with Gasteiger partial charge in [0, 0.05) is 11.6 Å². The molecule has 2 fully saturated rings. The minimum Gasteiger partial charge on any atom is -0.394 e. The maximum absolute atomic E-state index is 9.67. The van der Waals surface area contributed by atoms with E-state index in [1.54, 1.807) is 17.1 Å². The Bertz CT molecular complexity index is 961. The SMILES string of the molecule is CC1(C)O[C@@H]2[C@H](O1)[C@@H](CO)O[C@H]2n1cnc2c(Nc3nccs3)ncnc21. The van der Waals surface area contributed by atoms with Gasteiger partial charge in [-0.2, -0.15) is 0 Å². The number of nitrogens with zero attached hydrogens (tertiary/aromatic N) is 5. The fourth-order valence-corrected chi connectivity index (χ4v) is 4.07. The second kappa shape index (κ2) is 6.17. The van der Waals surface area contributed by atoms with Gasteiger partial charge in [0.1, 0.15) is 24.6 Å². The van der Waals surface area contributed by atoms with Crippen molar-refractivity contribution in [2.24, 2.45) is 0 Å². The normalized spacial score (nSPS) is 29.3. The first-order valence-electron chi connectivity index (χ1n) is 8.52. The first-order valence-corrected chi connectivity index (χ1v) is 9.40. The molecule has 3 aromatic rings. The van der Waals surface area contributed by atoms with Crippen LogP contribution in [0.4, 0.5) is 10.9 Å². The van der Waals surface area contributed by atoms with E-state index in [1.165, 1.54) is 17.7 Å². The molecule has 0 saturated carbocycles. The molecule has 0 aromatic carbocycles. The highest BCUT2D eigenvalue weighted by Crippen LogP contribution is 2.43. The topological polar surface area (TPSA) is 116 Å². The Morgan fingerprint density at radius 3 is 2.85 bits per heavy atom. The fraction of sp³-hybridized carbons (Fsp3) is 0.500. The van der Waals surface area contributed by atoms with Crippen molar-refractivity contribution in [3.8, 4) is 0 Å². The fourth-order valence-electron chi connectivity index (χ4n) is 3.55. The van der Waals surface area contributed by atoms with Gasteiger partial charge < -0.3 is 24.6 Å². The first kappa shape index (κ1) is 17.0. The lowest BCUT2D eigenvalue weighted by Gasteiger charge is -2.24. The summed E-state index contributed by atoms with van der Waals surface area (Å²) in [6.45, 7) is 3.54. The lowest BCUT2D eigenvalue weighted by Crippen LogP contribution is -2.31. The third-order valence-corrected chi connectivity index (χ3v) is 5.28. The Morgan fingerprint density at radius 1 is 1.22 bits per heavy atom. The van der Waals surface area contributed by atoms with E-state index in [4.69, 9.17) is 14.2 Å². The molecule has 3 aromatic heterocycles. The number of hydrogen-bond donors (Lipinski definition) is 2. The number of thiazole rings is 1. The summed E-state index contributed by atoms with van der Waals surface area (Å²) in [5, 5.41) is 15.4. The minimum absolute atomic E-state index is 0.157. The van der Waals surface area contributed by atoms with Crippen LogP contribution < -0.4 is 5.32 Å². The highest BCUT2D eigenvalue weighted by atomic mass is 32.1. The van der Waals surface area contributed by atoms with Crippen molar-refractivity contribution in [2.45, 2.75) is 44.2 Å². The molecule has 10 nitrogen and oxygen atoms in total. The third kappa shape index (κ3) is 2.78. The molecule has 0 unspecified atom stereocenters. The Kier molecular flexibility index (Phi) is 3.88. The second-order valence-electron chi connectivity index (χ2n) is 6.82. The average molecular weight is 390 g/mol. The molecule has 5 rings (SSSR count). The highest BCUT2D eigenvalue weighted by molar-refractivity contribution is 7.13. The largest absolute Gasteiger partial charge is 0.394 e. The van der Waals surface area contributed by atoms with E-state index in [1.807, 2.05) is 19.2 Å². The maximum Gasteiger partial charge on any atom is 0.188 e. The number of anilines is 2. The smallest absolute Gasteiger partial charge is 0.188 e. The summed E-state index contributed by atoms with van der Waals surface area (Å²) in [6.07, 6.45) is 3.09. The number of imidazole rings is 1. The number of hydrogen-bond acceptors (Lipinski definition) is 10. The zero-order chi connectivity index (χ0) is 18.6. The van der Waals surface area contributed by atoms with Crippen LogP contribution in [0, 0.1) is 0 Å². The molecule has 27 heavy (non-hydrogen) atoms. The monoisotopic (exact) mass is 390 g/mol. The lowest BCUT2D eigenvalue weighted by molar-refractivity contribution is -0.199. The van der Waals surface area contributed by atoms with Crippen LogP contribution >= 0.6 is 11.3 Å². The third-order valence-electron chi connectivity index (χ3n) is 4.60. The Hall–Kier alpha value is -2.18. The molecular formula is C16H18N6O4S. The molecular weight excluding hydrogens is 372 g/mol. The number of rotatable bonds is 4. The van der Waals surface area contributed by atoms with E-state index in [0.717, 1.165) is 5.13 Å². The molecule has 2 saturated heterocycles. The summed E-state index contributed by atoms with van der Waals surface area (Å²) in [4.78, 5) is 17.3. The zero-order valence-corrected chi connectivity index (χ0v) is 15.5. The van der Waals surface area contributed by atoms with Crippen LogP contribution in [0.15, 0.2) is 24.2 Å². The minimum atomic E-state index is -0.742. The van der Waals surface area contributed by atoms with Crippen LogP contribution in [0.1, 0.15) is 20.1 Å². The summed E-state index contributed by atoms with van der Waals surface area (Å²) in [5.41, 5.74) is 1.19. The summed E-state index contributed by atoms with van der Waals surface area (Å²) in [7, 11) is 0. The van der Waals surface area contributed by atoms with E-state index in [0.29, 0.717) is 17.0 Å². The zero-order valence-electron chi connectivity index (χ0n) is 14.6. The molecule has 11 heteroatoms. The Labute approximate surface area is 158 Å². The molecule has 0 spiro atoms. The van der Waals surface area contributed by atoms with Crippen LogP contribution in [0.25, 0.3) is 11.2 Å². The molecule has 2 aliphatic heterocycles. The molecule has 0 radical (unpaired) electrons. The molecule has 2 aliphatic rings. The van der Waals surface area contributed by atoms with Crippen molar-refractivity contribution in [2.75, 3.05) is 11.9 Å². The number of ether oxygens (including phenoxy) is 3. The van der Waals surface area contributed by atoms with Gasteiger partial charge in [-0.3, -0.25) is 4.57 Å². The number of fused-ring (bicyclic) bond motifs is 2. The van der Waals surface area contributed by atoms with Gasteiger partial charge in [0.05, 0.1) is 12.9 Å². The molecule has 0 bridgehead atoms. The molecule has 0 aliphatic carbocycles. The van der Waals surface area contributed by atoms with E-state index in [2.05, 4.69) is 25.3 Å². The maximum atomic E-state index is 9.67. The van der Waals surface area contributed by atoms with Gasteiger partial charge in [0.15, 0.2) is 34.1 Å². The van der Waals surface area contributed by atoms with Crippen molar-refractivity contribution in [1.82, 2.24) is 24.5 Å². The summed E-state index contributed by atoms with van der Waals surface area (Å²) in [5.74, 6) is -0.181. The molecule has 142 valence electrons. The van der Waals surface area contributed by atoms with Gasteiger partial charge >= 0.3 is 0 Å². The van der Waals surface area contributed by atoms with E-state index >= 15 is 0 Å². The number of aliphatic hydroxyl groups excluding tert-OH is 1. The summed E-state index contributed by atoms with van der Waals surface area (Å²) in [6, 6.07) is 0. The second-order valence-corrected chi connectivity index (χ2v) is 7.72. The van der Waals surface area contributed by atoms with Gasteiger partial charge in [-0.25, -0.2) is 19.9 Å². The quantitative estimate of drug-likeness (QED) is 0.682. The number of aliphatic hydroxyl groups is 1. The molecule has 0 amide bonds. The van der Waals surface area contributed by atoms with E-state index in [9.17, 15) is 5.11 Å².